The molecule has 0 aliphatic carbocycles. The molecule has 4 nitrogen and oxygen atoms in total. The Morgan fingerprint density at radius 1 is 0.903 bits per heavy atom. The van der Waals surface area contributed by atoms with E-state index in [9.17, 15) is 0 Å². The molecule has 0 atom stereocenters. The van der Waals surface area contributed by atoms with E-state index < -0.39 is 0 Å². The highest BCUT2D eigenvalue weighted by Crippen LogP contribution is 2.23. The summed E-state index contributed by atoms with van der Waals surface area (Å²) >= 11 is 6.10. The van der Waals surface area contributed by atoms with Crippen molar-refractivity contribution in [1.82, 2.24) is 9.55 Å². The summed E-state index contributed by atoms with van der Waals surface area (Å²) in [6.07, 6.45) is 0.860. The van der Waals surface area contributed by atoms with Crippen LogP contribution in [0.3, 0.4) is 0 Å². The second-order valence-corrected chi connectivity index (χ2v) is 8.25. The maximum Gasteiger partial charge on any atom is 0.148 e. The van der Waals surface area contributed by atoms with Crippen molar-refractivity contribution in [2.75, 3.05) is 6.61 Å². The molecule has 0 unspecified atom stereocenters. The van der Waals surface area contributed by atoms with E-state index in [1.165, 1.54) is 5.56 Å². The van der Waals surface area contributed by atoms with Crippen LogP contribution in [-0.2, 0) is 13.2 Å². The van der Waals surface area contributed by atoms with Gasteiger partial charge >= 0.3 is 0 Å². The summed E-state index contributed by atoms with van der Waals surface area (Å²) in [7, 11) is 0. The molecule has 0 aliphatic heterocycles. The van der Waals surface area contributed by atoms with Gasteiger partial charge in [0.2, 0.25) is 0 Å². The average molecular weight is 435 g/mol. The van der Waals surface area contributed by atoms with E-state index in [0.717, 1.165) is 57.5 Å². The van der Waals surface area contributed by atoms with Crippen LogP contribution in [0.5, 0.6) is 11.5 Å². The molecule has 0 saturated carbocycles. The Labute approximate surface area is 188 Å². The first-order valence-corrected chi connectivity index (χ1v) is 10.9. The van der Waals surface area contributed by atoms with Gasteiger partial charge in [0, 0.05) is 11.6 Å². The van der Waals surface area contributed by atoms with Gasteiger partial charge in [-0.05, 0) is 80.3 Å². The van der Waals surface area contributed by atoms with E-state index in [-0.39, 0.29) is 0 Å². The summed E-state index contributed by atoms with van der Waals surface area (Å²) in [4.78, 5) is 4.82. The quantitative estimate of drug-likeness (QED) is 0.291. The third-order valence-corrected chi connectivity index (χ3v) is 5.78. The van der Waals surface area contributed by atoms with Gasteiger partial charge in [0.1, 0.15) is 23.9 Å². The van der Waals surface area contributed by atoms with Gasteiger partial charge in [0.15, 0.2) is 0 Å². The van der Waals surface area contributed by atoms with Crippen molar-refractivity contribution in [3.05, 3.63) is 88.2 Å². The van der Waals surface area contributed by atoms with Crippen molar-refractivity contribution in [1.29, 1.82) is 0 Å². The van der Waals surface area contributed by atoms with Crippen molar-refractivity contribution in [2.24, 2.45) is 0 Å². The lowest BCUT2D eigenvalue weighted by Gasteiger charge is -2.13. The van der Waals surface area contributed by atoms with Crippen LogP contribution in [0.15, 0.2) is 60.7 Å². The zero-order chi connectivity index (χ0) is 21.8. The maximum atomic E-state index is 6.15. The van der Waals surface area contributed by atoms with Gasteiger partial charge in [-0.3, -0.25) is 0 Å². The van der Waals surface area contributed by atoms with Gasteiger partial charge in [0.05, 0.1) is 17.6 Å². The van der Waals surface area contributed by atoms with Crippen LogP contribution in [0.2, 0.25) is 5.02 Å². The third-order valence-electron chi connectivity index (χ3n) is 5.36. The number of rotatable bonds is 8. The second kappa shape index (κ2) is 9.44. The monoisotopic (exact) mass is 434 g/mol. The number of fused-ring (bicyclic) bond motifs is 1. The molecule has 0 amide bonds. The summed E-state index contributed by atoms with van der Waals surface area (Å²) in [6.45, 7) is 7.96. The molecule has 0 aliphatic rings. The number of benzene rings is 3. The van der Waals surface area contributed by atoms with Gasteiger partial charge in [-0.2, -0.15) is 0 Å². The predicted molar refractivity (Wildman–Crippen MR) is 126 cm³/mol. The lowest BCUT2D eigenvalue weighted by molar-refractivity contribution is 0.279. The lowest BCUT2D eigenvalue weighted by atomic mass is 10.1. The highest BCUT2D eigenvalue weighted by Gasteiger charge is 2.12. The number of halogens is 1. The molecule has 4 rings (SSSR count). The molecule has 0 spiro atoms. The summed E-state index contributed by atoms with van der Waals surface area (Å²) in [5.74, 6) is 2.67. The van der Waals surface area contributed by atoms with Crippen LogP contribution in [0.1, 0.15) is 28.9 Å². The molecule has 0 bridgehead atoms. The Hall–Kier alpha value is -2.98. The fourth-order valence-electron chi connectivity index (χ4n) is 3.61. The molecule has 4 aromatic rings. The number of ether oxygens (including phenoxy) is 2. The first-order chi connectivity index (χ1) is 15.0. The van der Waals surface area contributed by atoms with E-state index in [2.05, 4.69) is 42.7 Å². The van der Waals surface area contributed by atoms with Gasteiger partial charge in [0.25, 0.3) is 0 Å². The smallest absolute Gasteiger partial charge is 0.148 e. The molecular formula is C26H27ClN2O2. The average Bonchev–Trinajstić information content (AvgIpc) is 3.12. The predicted octanol–water partition coefficient (Wildman–Crippen LogP) is 6.66. The van der Waals surface area contributed by atoms with Crippen LogP contribution in [0, 0.1) is 20.8 Å². The summed E-state index contributed by atoms with van der Waals surface area (Å²) in [6, 6.07) is 20.2. The Kier molecular flexibility index (Phi) is 6.47. The van der Waals surface area contributed by atoms with Crippen LogP contribution in [0.25, 0.3) is 11.0 Å². The largest absolute Gasteiger partial charge is 0.494 e. The van der Waals surface area contributed by atoms with Crippen LogP contribution < -0.4 is 9.47 Å². The number of imidazole rings is 1. The number of hydrogen-bond acceptors (Lipinski definition) is 3. The Balaban J connectivity index is 1.45. The number of aromatic nitrogens is 2. The Bertz CT molecular complexity index is 1200. The molecule has 1 heterocycles. The highest BCUT2D eigenvalue weighted by atomic mass is 35.5. The molecule has 1 aromatic heterocycles. The zero-order valence-electron chi connectivity index (χ0n) is 18.2. The zero-order valence-corrected chi connectivity index (χ0v) is 18.9. The third kappa shape index (κ3) is 5.02. The Morgan fingerprint density at radius 2 is 1.74 bits per heavy atom. The SMILES string of the molecule is Cc1ccc(C)c(OCc2nc3ccccc3n2CCCOc2ccc(Cl)c(C)c2)c1. The van der Waals surface area contributed by atoms with Crippen molar-refractivity contribution in [3.63, 3.8) is 0 Å². The number of hydrogen-bond donors (Lipinski definition) is 0. The fraction of sp³-hybridized carbons (Fsp3) is 0.269. The van der Waals surface area contributed by atoms with Gasteiger partial charge in [-0.1, -0.05) is 35.9 Å². The molecule has 0 radical (unpaired) electrons. The second-order valence-electron chi connectivity index (χ2n) is 7.84. The van der Waals surface area contributed by atoms with Gasteiger partial charge in [-0.15, -0.1) is 0 Å². The Morgan fingerprint density at radius 3 is 2.58 bits per heavy atom. The molecule has 160 valence electrons. The molecule has 0 fully saturated rings. The van der Waals surface area contributed by atoms with E-state index in [4.69, 9.17) is 26.1 Å². The van der Waals surface area contributed by atoms with Crippen molar-refractivity contribution >= 4 is 22.6 Å². The first-order valence-electron chi connectivity index (χ1n) is 10.5. The summed E-state index contributed by atoms with van der Waals surface area (Å²) < 4.78 is 14.3. The molecule has 0 N–H and O–H groups in total. The van der Waals surface area contributed by atoms with Crippen molar-refractivity contribution < 1.29 is 9.47 Å². The first kappa shape index (κ1) is 21.3. The van der Waals surface area contributed by atoms with E-state index in [0.29, 0.717) is 13.2 Å². The number of para-hydroxylation sites is 2. The number of aryl methyl sites for hydroxylation is 4. The van der Waals surface area contributed by atoms with Gasteiger partial charge in [-0.25, -0.2) is 4.98 Å². The maximum absolute atomic E-state index is 6.15. The standard InChI is InChI=1S/C26H27ClN2O2/c1-18-9-10-19(2)25(15-18)31-17-26-28-23-7-4-5-8-24(23)29(26)13-6-14-30-21-11-12-22(27)20(3)16-21/h4-5,7-12,15-16H,6,13-14,17H2,1-3H3. The minimum atomic E-state index is 0.427. The van der Waals surface area contributed by atoms with E-state index >= 15 is 0 Å². The van der Waals surface area contributed by atoms with Crippen LogP contribution in [-0.4, -0.2) is 16.2 Å². The molecule has 5 heteroatoms. The van der Waals surface area contributed by atoms with E-state index in [1.807, 2.05) is 43.3 Å². The van der Waals surface area contributed by atoms with Crippen molar-refractivity contribution in [3.8, 4) is 11.5 Å². The topological polar surface area (TPSA) is 36.3 Å². The fourth-order valence-corrected chi connectivity index (χ4v) is 3.73. The minimum absolute atomic E-state index is 0.427. The molecular weight excluding hydrogens is 408 g/mol. The van der Waals surface area contributed by atoms with Crippen LogP contribution >= 0.6 is 11.6 Å². The lowest BCUT2D eigenvalue weighted by Crippen LogP contribution is -2.10. The minimum Gasteiger partial charge on any atom is -0.494 e. The molecule has 31 heavy (non-hydrogen) atoms. The van der Waals surface area contributed by atoms with Crippen molar-refractivity contribution in [2.45, 2.75) is 40.3 Å². The van der Waals surface area contributed by atoms with E-state index in [1.54, 1.807) is 0 Å². The van der Waals surface area contributed by atoms with Crippen LogP contribution in [0.4, 0.5) is 0 Å². The normalized spacial score (nSPS) is 11.1. The number of nitrogens with zero attached hydrogens (tertiary/aromatic N) is 2. The van der Waals surface area contributed by atoms with Gasteiger partial charge < -0.3 is 14.0 Å². The summed E-state index contributed by atoms with van der Waals surface area (Å²) in [5.41, 5.74) is 5.43. The molecule has 3 aromatic carbocycles. The highest BCUT2D eigenvalue weighted by molar-refractivity contribution is 6.31. The summed E-state index contributed by atoms with van der Waals surface area (Å²) in [5, 5.41) is 0.755. The molecule has 0 saturated heterocycles.